The molecule has 0 fully saturated rings. The van der Waals surface area contributed by atoms with Crippen molar-refractivity contribution in [1.29, 1.82) is 0 Å². The number of halogens is 1. The Labute approximate surface area is 137 Å². The van der Waals surface area contributed by atoms with E-state index in [0.717, 1.165) is 12.2 Å². The van der Waals surface area contributed by atoms with E-state index in [4.69, 9.17) is 15.8 Å². The molecule has 2 aromatic carbocycles. The standard InChI is InChI=1S/C18H21ClO2Si/c1-4-17(22(2,3)19)21-16-12-10-15(11-13-16)18(20)14-8-6-5-7-9-14/h5-13,17H,4H2,1-3H3. The van der Waals surface area contributed by atoms with E-state index in [1.54, 1.807) is 12.1 Å². The van der Waals surface area contributed by atoms with E-state index in [1.807, 2.05) is 42.5 Å². The summed E-state index contributed by atoms with van der Waals surface area (Å²) in [6, 6.07) is 16.6. The number of ketones is 1. The van der Waals surface area contributed by atoms with Crippen molar-refractivity contribution in [2.45, 2.75) is 32.2 Å². The highest BCUT2D eigenvalue weighted by atomic mass is 35.6. The molecule has 0 N–H and O–H groups in total. The van der Waals surface area contributed by atoms with E-state index in [9.17, 15) is 4.79 Å². The summed E-state index contributed by atoms with van der Waals surface area (Å²) in [6.45, 7) is 6.24. The quantitative estimate of drug-likeness (QED) is 0.420. The Morgan fingerprint density at radius 2 is 1.59 bits per heavy atom. The van der Waals surface area contributed by atoms with Gasteiger partial charge in [0.1, 0.15) is 11.5 Å². The Morgan fingerprint density at radius 3 is 2.09 bits per heavy atom. The fourth-order valence-electron chi connectivity index (χ4n) is 2.31. The molecule has 0 spiro atoms. The molecule has 0 aromatic heterocycles. The van der Waals surface area contributed by atoms with Crippen LogP contribution in [-0.4, -0.2) is 18.9 Å². The zero-order valence-corrected chi connectivity index (χ0v) is 14.9. The number of hydrogen-bond donors (Lipinski definition) is 0. The van der Waals surface area contributed by atoms with Crippen LogP contribution < -0.4 is 4.74 Å². The molecule has 0 radical (unpaired) electrons. The maximum absolute atomic E-state index is 12.3. The predicted molar refractivity (Wildman–Crippen MR) is 94.4 cm³/mol. The van der Waals surface area contributed by atoms with E-state index in [-0.39, 0.29) is 11.5 Å². The summed E-state index contributed by atoms with van der Waals surface area (Å²) in [5.74, 6) is 0.781. The van der Waals surface area contributed by atoms with Crippen molar-refractivity contribution in [3.8, 4) is 5.75 Å². The maximum atomic E-state index is 12.3. The molecule has 0 saturated carbocycles. The molecule has 1 unspecified atom stereocenters. The Hall–Kier alpha value is -1.58. The Morgan fingerprint density at radius 1 is 1.05 bits per heavy atom. The molecule has 2 nitrogen and oxygen atoms in total. The van der Waals surface area contributed by atoms with Crippen LogP contribution >= 0.6 is 11.1 Å². The average Bonchev–Trinajstić information content (AvgIpc) is 2.52. The molecule has 116 valence electrons. The molecule has 0 bridgehead atoms. The van der Waals surface area contributed by atoms with Crippen molar-refractivity contribution < 1.29 is 9.53 Å². The van der Waals surface area contributed by atoms with Gasteiger partial charge in [-0.05, 0) is 30.7 Å². The van der Waals surface area contributed by atoms with Gasteiger partial charge in [0.05, 0.1) is 0 Å². The summed E-state index contributed by atoms with van der Waals surface area (Å²) in [6.07, 6.45) is 0.882. The molecular weight excluding hydrogens is 312 g/mol. The van der Waals surface area contributed by atoms with Gasteiger partial charge < -0.3 is 4.74 Å². The van der Waals surface area contributed by atoms with E-state index in [0.29, 0.717) is 11.1 Å². The molecule has 0 amide bonds. The van der Waals surface area contributed by atoms with E-state index >= 15 is 0 Å². The van der Waals surface area contributed by atoms with Crippen molar-refractivity contribution in [3.63, 3.8) is 0 Å². The summed E-state index contributed by atoms with van der Waals surface area (Å²) >= 11 is 6.47. The fourth-order valence-corrected chi connectivity index (χ4v) is 4.30. The zero-order chi connectivity index (χ0) is 16.2. The molecule has 2 aromatic rings. The monoisotopic (exact) mass is 332 g/mol. The number of carbonyl (C=O) groups excluding carboxylic acids is 1. The maximum Gasteiger partial charge on any atom is 0.194 e. The van der Waals surface area contributed by atoms with Crippen LogP contribution in [0.1, 0.15) is 29.3 Å². The van der Waals surface area contributed by atoms with E-state index in [2.05, 4.69) is 20.0 Å². The normalized spacial score (nSPS) is 12.7. The van der Waals surface area contributed by atoms with Crippen LogP contribution in [0.4, 0.5) is 0 Å². The first kappa shape index (κ1) is 16.8. The van der Waals surface area contributed by atoms with Gasteiger partial charge in [-0.15, -0.1) is 0 Å². The third kappa shape index (κ3) is 4.21. The highest BCUT2D eigenvalue weighted by molar-refractivity contribution is 7.19. The van der Waals surface area contributed by atoms with Gasteiger partial charge in [0.25, 0.3) is 0 Å². The molecule has 0 aliphatic rings. The smallest absolute Gasteiger partial charge is 0.194 e. The zero-order valence-electron chi connectivity index (χ0n) is 13.2. The lowest BCUT2D eigenvalue weighted by atomic mass is 10.0. The second-order valence-corrected chi connectivity index (χ2v) is 12.5. The molecular formula is C18H21ClO2Si. The van der Waals surface area contributed by atoms with Gasteiger partial charge in [0, 0.05) is 11.1 Å². The highest BCUT2D eigenvalue weighted by Gasteiger charge is 2.30. The number of rotatable bonds is 6. The molecule has 0 aliphatic heterocycles. The topological polar surface area (TPSA) is 26.3 Å². The van der Waals surface area contributed by atoms with Gasteiger partial charge in [-0.2, -0.15) is 11.1 Å². The van der Waals surface area contributed by atoms with Crippen molar-refractivity contribution in [1.82, 2.24) is 0 Å². The van der Waals surface area contributed by atoms with Gasteiger partial charge in [0.2, 0.25) is 0 Å². The van der Waals surface area contributed by atoms with Crippen LogP contribution in [0.3, 0.4) is 0 Å². The molecule has 0 saturated heterocycles. The second-order valence-electron chi connectivity index (χ2n) is 5.80. The van der Waals surface area contributed by atoms with Gasteiger partial charge in [-0.1, -0.05) is 50.3 Å². The minimum atomic E-state index is -1.87. The Kier molecular flexibility index (Phi) is 5.43. The lowest BCUT2D eigenvalue weighted by Gasteiger charge is -2.26. The van der Waals surface area contributed by atoms with Crippen LogP contribution in [0.5, 0.6) is 5.75 Å². The van der Waals surface area contributed by atoms with Crippen molar-refractivity contribution >= 4 is 24.2 Å². The van der Waals surface area contributed by atoms with E-state index in [1.165, 1.54) is 0 Å². The lowest BCUT2D eigenvalue weighted by molar-refractivity contribution is 0.103. The number of hydrogen-bond acceptors (Lipinski definition) is 2. The van der Waals surface area contributed by atoms with Crippen molar-refractivity contribution in [2.24, 2.45) is 0 Å². The lowest BCUT2D eigenvalue weighted by Crippen LogP contribution is -2.40. The largest absolute Gasteiger partial charge is 0.493 e. The van der Waals surface area contributed by atoms with Gasteiger partial charge in [0.15, 0.2) is 13.2 Å². The number of ether oxygens (including phenoxy) is 1. The third-order valence-corrected chi connectivity index (χ3v) is 6.35. The summed E-state index contributed by atoms with van der Waals surface area (Å²) in [7, 11) is -1.87. The summed E-state index contributed by atoms with van der Waals surface area (Å²) < 4.78 is 5.99. The minimum absolute atomic E-state index is 0.0197. The number of carbonyl (C=O) groups is 1. The molecule has 2 rings (SSSR count). The van der Waals surface area contributed by atoms with Crippen LogP contribution in [-0.2, 0) is 0 Å². The van der Waals surface area contributed by atoms with Gasteiger partial charge in [-0.25, -0.2) is 0 Å². The van der Waals surface area contributed by atoms with Crippen LogP contribution in [0.25, 0.3) is 0 Å². The van der Waals surface area contributed by atoms with Gasteiger partial charge in [-0.3, -0.25) is 4.79 Å². The molecule has 4 heteroatoms. The fraction of sp³-hybridized carbons (Fsp3) is 0.278. The average molecular weight is 333 g/mol. The Bertz CT molecular complexity index is 618. The van der Waals surface area contributed by atoms with Crippen LogP contribution in [0.15, 0.2) is 54.6 Å². The first-order valence-corrected chi connectivity index (χ1v) is 11.6. The molecule has 22 heavy (non-hydrogen) atoms. The molecule has 0 aliphatic carbocycles. The molecule has 1 atom stereocenters. The second kappa shape index (κ2) is 7.12. The first-order valence-electron chi connectivity index (χ1n) is 7.47. The van der Waals surface area contributed by atoms with Crippen molar-refractivity contribution in [3.05, 3.63) is 65.7 Å². The molecule has 0 heterocycles. The van der Waals surface area contributed by atoms with Gasteiger partial charge >= 0.3 is 0 Å². The predicted octanol–water partition coefficient (Wildman–Crippen LogP) is 5.06. The SMILES string of the molecule is CCC(Oc1ccc(C(=O)c2ccccc2)cc1)[Si](C)(C)Cl. The first-order chi connectivity index (χ1) is 10.4. The highest BCUT2D eigenvalue weighted by Crippen LogP contribution is 2.23. The Balaban J connectivity index is 2.12. The summed E-state index contributed by atoms with van der Waals surface area (Å²) in [5.41, 5.74) is 1.41. The van der Waals surface area contributed by atoms with Crippen LogP contribution in [0.2, 0.25) is 13.1 Å². The van der Waals surface area contributed by atoms with Crippen LogP contribution in [0, 0.1) is 0 Å². The summed E-state index contributed by atoms with van der Waals surface area (Å²) in [5, 5.41) is 0. The summed E-state index contributed by atoms with van der Waals surface area (Å²) in [4.78, 5) is 12.3. The number of benzene rings is 2. The van der Waals surface area contributed by atoms with E-state index < -0.39 is 7.38 Å². The third-order valence-electron chi connectivity index (χ3n) is 3.57. The minimum Gasteiger partial charge on any atom is -0.493 e. The van der Waals surface area contributed by atoms with Crippen molar-refractivity contribution in [2.75, 3.05) is 0 Å².